The van der Waals surface area contributed by atoms with Gasteiger partial charge in [0.25, 0.3) is 5.91 Å². The van der Waals surface area contributed by atoms with Gasteiger partial charge in [-0.15, -0.1) is 0 Å². The zero-order valence-corrected chi connectivity index (χ0v) is 23.9. The molecule has 0 bridgehead atoms. The Balaban J connectivity index is 2.01. The number of anilines is 1. The minimum atomic E-state index is -2.67. The Hall–Kier alpha value is -3.46. The number of Topliss-reactive ketones (excluding diaryl/α,β-unsaturated/α-hetero) is 2. The van der Waals surface area contributed by atoms with Crippen LogP contribution in [0.1, 0.15) is 23.1 Å². The number of ketones is 2. The number of hydrogen-bond donors (Lipinski definition) is 5. The number of primary amides is 1. The fraction of sp³-hybridized carbons (Fsp3) is 0.464. The van der Waals surface area contributed by atoms with Crippen LogP contribution in [-0.4, -0.2) is 101 Å². The Labute approximate surface area is 229 Å². The Morgan fingerprint density at radius 2 is 1.74 bits per heavy atom. The van der Waals surface area contributed by atoms with Crippen molar-refractivity contribution < 1.29 is 34.8 Å². The summed E-state index contributed by atoms with van der Waals surface area (Å²) in [5.41, 5.74) is 3.28. The lowest BCUT2D eigenvalue weighted by Crippen LogP contribution is -2.65. The number of phenols is 1. The fourth-order valence-electron chi connectivity index (χ4n) is 5.99. The summed E-state index contributed by atoms with van der Waals surface area (Å²) >= 11 is 0. The molecule has 3 aliphatic rings. The van der Waals surface area contributed by atoms with Crippen LogP contribution < -0.4 is 10.6 Å². The lowest BCUT2D eigenvalue weighted by atomic mass is 9.57. The van der Waals surface area contributed by atoms with Crippen molar-refractivity contribution in [1.82, 2.24) is 4.90 Å². The number of carbonyl (C=O) groups excluding carboxylic acids is 3. The molecule has 10 nitrogen and oxygen atoms in total. The van der Waals surface area contributed by atoms with E-state index in [1.807, 2.05) is 37.8 Å². The maximum atomic E-state index is 14.0. The molecule has 39 heavy (non-hydrogen) atoms. The molecule has 11 heteroatoms. The molecule has 6 N–H and O–H groups in total. The zero-order valence-electron chi connectivity index (χ0n) is 23.1. The summed E-state index contributed by atoms with van der Waals surface area (Å²) in [5, 5.41) is 48.6. The number of aliphatic hydroxyl groups excluding tert-OH is 2. The fourth-order valence-corrected chi connectivity index (χ4v) is 6.41. The second kappa shape index (κ2) is 9.33. The SMILES string of the molecule is CN(C)c1cc(C#CS(C)(C)C)c(O)c2c1C[C@@H]1C[C@@H]3[C@@H](N(C)C)C(=O)C(C(N)=O)=C(O)[C@]3(O)C(=O)C1=C2O. The van der Waals surface area contributed by atoms with Crippen LogP contribution >= 0.6 is 10.0 Å². The van der Waals surface area contributed by atoms with Gasteiger partial charge < -0.3 is 31.1 Å². The maximum Gasteiger partial charge on any atom is 0.255 e. The summed E-state index contributed by atoms with van der Waals surface area (Å²) in [5.74, 6) is -3.77. The standard InChI is InChI=1S/C28H35N3O7S/c1-30(2)17-12-13(8-9-39(5,6)7)22(32)19-15(17)10-14-11-16-21(31(3)4)24(34)20(27(29)37)26(36)28(16,38)25(35)18(14)23(19)33/h12,14,16,21,32-33,36,38H,10-11H2,1-7H3,(H2,29,37)/t14-,16-,21-,28-/m1/s1. The summed E-state index contributed by atoms with van der Waals surface area (Å²) in [6.45, 7) is 0. The first kappa shape index (κ1) is 28.5. The molecule has 4 rings (SSSR count). The van der Waals surface area contributed by atoms with E-state index in [2.05, 4.69) is 11.2 Å². The van der Waals surface area contributed by atoms with E-state index in [0.717, 1.165) is 0 Å². The minimum absolute atomic E-state index is 0.0331. The quantitative estimate of drug-likeness (QED) is 0.270. The largest absolute Gasteiger partial charge is 0.508 e. The lowest BCUT2D eigenvalue weighted by molar-refractivity contribution is -0.153. The van der Waals surface area contributed by atoms with Crippen molar-refractivity contribution in [2.24, 2.45) is 17.6 Å². The molecule has 0 unspecified atom stereocenters. The van der Waals surface area contributed by atoms with Gasteiger partial charge in [-0.1, -0.05) is 5.92 Å². The Bertz CT molecular complexity index is 1440. The van der Waals surface area contributed by atoms with Crippen molar-refractivity contribution in [3.05, 3.63) is 39.7 Å². The number of hydrogen-bond acceptors (Lipinski definition) is 9. The summed E-state index contributed by atoms with van der Waals surface area (Å²) in [6.07, 6.45) is 6.25. The first-order valence-electron chi connectivity index (χ1n) is 12.4. The van der Waals surface area contributed by atoms with Crippen LogP contribution in [-0.2, 0) is 20.8 Å². The van der Waals surface area contributed by atoms with Crippen molar-refractivity contribution in [3.63, 3.8) is 0 Å². The molecule has 0 aromatic heterocycles. The molecule has 1 aromatic rings. The highest BCUT2D eigenvalue weighted by Crippen LogP contribution is 2.54. The van der Waals surface area contributed by atoms with E-state index in [-0.39, 0.29) is 35.3 Å². The number of fused-ring (bicyclic) bond motifs is 3. The zero-order chi connectivity index (χ0) is 29.4. The molecule has 1 aromatic carbocycles. The summed E-state index contributed by atoms with van der Waals surface area (Å²) in [6, 6.07) is 0.619. The third-order valence-electron chi connectivity index (χ3n) is 7.67. The third kappa shape index (κ3) is 4.27. The van der Waals surface area contributed by atoms with Gasteiger partial charge in [0.05, 0.1) is 17.2 Å². The number of nitrogens with zero attached hydrogens (tertiary/aromatic N) is 2. The molecular weight excluding hydrogens is 522 g/mol. The number of carbonyl (C=O) groups is 3. The van der Waals surface area contributed by atoms with Crippen molar-refractivity contribution in [3.8, 4) is 16.9 Å². The molecule has 1 fully saturated rings. The smallest absolute Gasteiger partial charge is 0.255 e. The Kier molecular flexibility index (Phi) is 6.83. The van der Waals surface area contributed by atoms with Gasteiger partial charge in [-0.3, -0.25) is 19.3 Å². The normalized spacial score (nSPS) is 26.9. The molecule has 4 atom stereocenters. The highest BCUT2D eigenvalue weighted by molar-refractivity contribution is 8.35. The first-order chi connectivity index (χ1) is 17.9. The van der Waals surface area contributed by atoms with E-state index in [0.29, 0.717) is 11.3 Å². The monoisotopic (exact) mass is 557 g/mol. The second-order valence-electron chi connectivity index (χ2n) is 11.6. The maximum absolute atomic E-state index is 14.0. The molecule has 0 radical (unpaired) electrons. The van der Waals surface area contributed by atoms with E-state index in [1.165, 1.54) is 4.90 Å². The highest BCUT2D eigenvalue weighted by atomic mass is 32.3. The van der Waals surface area contributed by atoms with Crippen LogP contribution in [0.3, 0.4) is 0 Å². The van der Waals surface area contributed by atoms with E-state index in [1.54, 1.807) is 20.2 Å². The van der Waals surface area contributed by atoms with E-state index in [9.17, 15) is 34.8 Å². The summed E-state index contributed by atoms with van der Waals surface area (Å²) in [4.78, 5) is 42.6. The van der Waals surface area contributed by atoms with E-state index >= 15 is 0 Å². The molecular formula is C28H35N3O7S. The van der Waals surface area contributed by atoms with E-state index in [4.69, 9.17) is 5.73 Å². The number of likely N-dealkylation sites (N-methyl/N-ethyl adjacent to an activating group) is 1. The van der Waals surface area contributed by atoms with Gasteiger partial charge in [-0.2, -0.15) is 10.0 Å². The lowest BCUT2D eigenvalue weighted by Gasteiger charge is -2.50. The molecule has 0 spiro atoms. The third-order valence-corrected chi connectivity index (χ3v) is 8.39. The summed E-state index contributed by atoms with van der Waals surface area (Å²) in [7, 11) is 5.52. The number of aliphatic hydroxyl groups is 3. The van der Waals surface area contributed by atoms with E-state index < -0.39 is 68.1 Å². The molecule has 0 saturated heterocycles. The van der Waals surface area contributed by atoms with Gasteiger partial charge in [0, 0.05) is 31.3 Å². The van der Waals surface area contributed by atoms with Gasteiger partial charge in [0.1, 0.15) is 22.8 Å². The van der Waals surface area contributed by atoms with Crippen LogP contribution in [0.2, 0.25) is 0 Å². The Morgan fingerprint density at radius 3 is 2.26 bits per heavy atom. The van der Waals surface area contributed by atoms with Crippen LogP contribution in [0, 0.1) is 23.0 Å². The molecule has 1 saturated carbocycles. The average molecular weight is 558 g/mol. The molecule has 3 aliphatic carbocycles. The Morgan fingerprint density at radius 1 is 1.13 bits per heavy atom. The first-order valence-corrected chi connectivity index (χ1v) is 15.2. The van der Waals surface area contributed by atoms with Gasteiger partial charge in [0.15, 0.2) is 11.4 Å². The van der Waals surface area contributed by atoms with Crippen molar-refractivity contribution >= 4 is 38.9 Å². The number of aromatic hydroxyl groups is 1. The average Bonchev–Trinajstić information content (AvgIpc) is 2.79. The number of amides is 1. The highest BCUT2D eigenvalue weighted by Gasteiger charge is 2.64. The van der Waals surface area contributed by atoms with Gasteiger partial charge >= 0.3 is 0 Å². The molecule has 210 valence electrons. The minimum Gasteiger partial charge on any atom is -0.508 e. The molecule has 1 amide bonds. The van der Waals surface area contributed by atoms with Crippen LogP contribution in [0.5, 0.6) is 5.75 Å². The number of phenolic OH excluding ortho intramolecular Hbond substituents is 1. The van der Waals surface area contributed by atoms with Gasteiger partial charge in [-0.05, 0) is 68.5 Å². The van der Waals surface area contributed by atoms with Gasteiger partial charge in [0.2, 0.25) is 5.78 Å². The van der Waals surface area contributed by atoms with Gasteiger partial charge in [-0.25, -0.2) is 0 Å². The van der Waals surface area contributed by atoms with Crippen LogP contribution in [0.25, 0.3) is 5.76 Å². The van der Waals surface area contributed by atoms with Crippen molar-refractivity contribution in [1.29, 1.82) is 0 Å². The number of benzene rings is 1. The predicted molar refractivity (Wildman–Crippen MR) is 151 cm³/mol. The predicted octanol–water partition coefficient (Wildman–Crippen LogP) is 1.03. The topological polar surface area (TPSA) is 165 Å². The second-order valence-corrected chi connectivity index (χ2v) is 15.4. The van der Waals surface area contributed by atoms with Crippen molar-refractivity contribution in [2.45, 2.75) is 24.5 Å². The van der Waals surface area contributed by atoms with Crippen LogP contribution in [0.4, 0.5) is 5.69 Å². The molecule has 0 heterocycles. The number of nitrogens with two attached hydrogens (primary N) is 1. The van der Waals surface area contributed by atoms with Crippen LogP contribution in [0.15, 0.2) is 23.0 Å². The number of rotatable bonds is 3. The molecule has 0 aliphatic heterocycles. The summed E-state index contributed by atoms with van der Waals surface area (Å²) < 4.78 is 0. The van der Waals surface area contributed by atoms with Crippen molar-refractivity contribution in [2.75, 3.05) is 51.9 Å².